The zero-order valence-corrected chi connectivity index (χ0v) is 29.1. The Balaban J connectivity index is 1.62. The normalized spacial score (nSPS) is 14.5. The molecule has 0 spiro atoms. The highest BCUT2D eigenvalue weighted by molar-refractivity contribution is 9.10. The van der Waals surface area contributed by atoms with Crippen molar-refractivity contribution in [2.75, 3.05) is 20.3 Å². The number of carbonyl (C=O) groups is 1. The number of hydrogen-bond donors (Lipinski definition) is 0. The Morgan fingerprint density at radius 1 is 1.00 bits per heavy atom. The number of aromatic nitrogens is 1. The number of carbonyl (C=O) groups excluding carboxylic acids is 1. The molecule has 11 heteroatoms. The summed E-state index contributed by atoms with van der Waals surface area (Å²) in [4.78, 5) is 33.1. The predicted molar refractivity (Wildman–Crippen MR) is 184 cm³/mol. The molecule has 1 aromatic heterocycles. The molecule has 0 radical (unpaired) electrons. The van der Waals surface area contributed by atoms with E-state index in [-0.39, 0.29) is 12.2 Å². The van der Waals surface area contributed by atoms with Gasteiger partial charge in [0.25, 0.3) is 5.56 Å². The molecular formula is C35H34BrClN2O6S. The molecule has 240 valence electrons. The Morgan fingerprint density at radius 2 is 1.76 bits per heavy atom. The molecule has 0 bridgehead atoms. The Kier molecular flexibility index (Phi) is 11.0. The number of nitrogens with zero attached hydrogens (tertiary/aromatic N) is 2. The molecule has 1 aliphatic heterocycles. The van der Waals surface area contributed by atoms with Crippen LogP contribution in [-0.4, -0.2) is 30.9 Å². The van der Waals surface area contributed by atoms with Crippen molar-refractivity contribution in [2.24, 2.45) is 4.99 Å². The first-order valence-electron chi connectivity index (χ1n) is 15.0. The maximum Gasteiger partial charge on any atom is 0.338 e. The summed E-state index contributed by atoms with van der Waals surface area (Å²) in [5.41, 5.74) is 3.02. The van der Waals surface area contributed by atoms with Crippen LogP contribution in [0.15, 0.2) is 86.2 Å². The molecule has 0 unspecified atom stereocenters. The third-order valence-electron chi connectivity index (χ3n) is 7.25. The van der Waals surface area contributed by atoms with Crippen molar-refractivity contribution >= 4 is 50.9 Å². The average molecular weight is 726 g/mol. The van der Waals surface area contributed by atoms with Gasteiger partial charge in [-0.3, -0.25) is 9.36 Å². The molecule has 3 aromatic carbocycles. The largest absolute Gasteiger partial charge is 0.496 e. The standard InChI is InChI=1S/C35H34BrClN2O6S/c1-5-8-26-31(34(41)44-7-3)32(25-19-23(36)12-16-27(25)42-4)39-33(40)30(46-35(39)38-26)18-22-11-15-28(29(17-22)43-6-2)45-20-21-9-13-24(37)14-10-21/h9-19,32H,5-8,20H2,1-4H3/b30-18+/t32-/m1/s1. The maximum absolute atomic E-state index is 14.2. The van der Waals surface area contributed by atoms with Crippen molar-refractivity contribution in [3.05, 3.63) is 118 Å². The van der Waals surface area contributed by atoms with Crippen LogP contribution >= 0.6 is 38.9 Å². The fraction of sp³-hybridized carbons (Fsp3) is 0.286. The first kappa shape index (κ1) is 33.5. The molecule has 0 aliphatic carbocycles. The van der Waals surface area contributed by atoms with Crippen molar-refractivity contribution in [1.29, 1.82) is 0 Å². The van der Waals surface area contributed by atoms with Crippen LogP contribution in [0.25, 0.3) is 6.08 Å². The molecule has 0 fully saturated rings. The van der Waals surface area contributed by atoms with Gasteiger partial charge in [-0.15, -0.1) is 0 Å². The lowest BCUT2D eigenvalue weighted by Gasteiger charge is -2.27. The number of halogens is 2. The van der Waals surface area contributed by atoms with Gasteiger partial charge in [-0.25, -0.2) is 9.79 Å². The highest BCUT2D eigenvalue weighted by Crippen LogP contribution is 2.38. The van der Waals surface area contributed by atoms with Gasteiger partial charge in [-0.1, -0.05) is 70.4 Å². The molecule has 8 nitrogen and oxygen atoms in total. The van der Waals surface area contributed by atoms with Crippen LogP contribution in [-0.2, 0) is 16.1 Å². The number of benzene rings is 3. The number of rotatable bonds is 12. The summed E-state index contributed by atoms with van der Waals surface area (Å²) >= 11 is 10.8. The van der Waals surface area contributed by atoms with E-state index in [9.17, 15) is 9.59 Å². The Hall–Kier alpha value is -3.86. The third-order valence-corrected chi connectivity index (χ3v) is 8.98. The van der Waals surface area contributed by atoms with Gasteiger partial charge in [-0.05, 0) is 79.9 Å². The minimum absolute atomic E-state index is 0.191. The smallest absolute Gasteiger partial charge is 0.338 e. The molecule has 0 saturated heterocycles. The zero-order valence-electron chi connectivity index (χ0n) is 26.0. The highest BCUT2D eigenvalue weighted by atomic mass is 79.9. The van der Waals surface area contributed by atoms with E-state index in [1.54, 1.807) is 24.7 Å². The van der Waals surface area contributed by atoms with Crippen molar-refractivity contribution in [1.82, 2.24) is 4.57 Å². The number of methoxy groups -OCH3 is 1. The van der Waals surface area contributed by atoms with Crippen molar-refractivity contribution in [3.8, 4) is 17.2 Å². The van der Waals surface area contributed by atoms with E-state index >= 15 is 0 Å². The fourth-order valence-electron chi connectivity index (χ4n) is 5.23. The topological polar surface area (TPSA) is 88.4 Å². The van der Waals surface area contributed by atoms with Crippen LogP contribution in [0.3, 0.4) is 0 Å². The zero-order chi connectivity index (χ0) is 32.8. The van der Waals surface area contributed by atoms with Crippen LogP contribution in [0.5, 0.6) is 17.2 Å². The van der Waals surface area contributed by atoms with Crippen molar-refractivity contribution < 1.29 is 23.7 Å². The van der Waals surface area contributed by atoms with Gasteiger partial charge in [0.1, 0.15) is 18.4 Å². The SMILES string of the molecule is CCCC1=C(C(=O)OCC)[C@@H](c2cc(Br)ccc2OC)n2c(s/c(=C/c3ccc(OCc4ccc(Cl)cc4)c(OCC)c3)c2=O)=N1. The van der Waals surface area contributed by atoms with Crippen LogP contribution in [0.4, 0.5) is 0 Å². The summed E-state index contributed by atoms with van der Waals surface area (Å²) in [5.74, 6) is 1.18. The van der Waals surface area contributed by atoms with E-state index in [1.807, 2.05) is 74.5 Å². The summed E-state index contributed by atoms with van der Waals surface area (Å²) < 4.78 is 26.0. The molecule has 5 rings (SSSR count). The van der Waals surface area contributed by atoms with Crippen molar-refractivity contribution in [3.63, 3.8) is 0 Å². The van der Waals surface area contributed by atoms with Gasteiger partial charge in [-0.2, -0.15) is 0 Å². The number of ether oxygens (including phenoxy) is 4. The van der Waals surface area contributed by atoms with Gasteiger partial charge >= 0.3 is 5.97 Å². The van der Waals surface area contributed by atoms with E-state index in [1.165, 1.54) is 11.3 Å². The lowest BCUT2D eigenvalue weighted by Crippen LogP contribution is -2.40. The first-order chi connectivity index (χ1) is 22.3. The molecule has 2 heterocycles. The van der Waals surface area contributed by atoms with Gasteiger partial charge in [0.2, 0.25) is 0 Å². The molecular weight excluding hydrogens is 692 g/mol. The minimum atomic E-state index is -0.797. The van der Waals surface area contributed by atoms with Crippen molar-refractivity contribution in [2.45, 2.75) is 46.3 Å². The molecule has 0 N–H and O–H groups in total. The second-order valence-corrected chi connectivity index (χ2v) is 12.7. The van der Waals surface area contributed by atoms with Crippen LogP contribution in [0, 0.1) is 0 Å². The summed E-state index contributed by atoms with van der Waals surface area (Å²) in [5, 5.41) is 0.661. The molecule has 1 atom stereocenters. The molecule has 4 aromatic rings. The Morgan fingerprint density at radius 3 is 2.46 bits per heavy atom. The van der Waals surface area contributed by atoms with Gasteiger partial charge in [0.15, 0.2) is 16.3 Å². The second-order valence-electron chi connectivity index (χ2n) is 10.4. The summed E-state index contributed by atoms with van der Waals surface area (Å²) in [7, 11) is 1.57. The van der Waals surface area contributed by atoms with E-state index < -0.39 is 12.0 Å². The number of allylic oxidation sites excluding steroid dienone is 1. The monoisotopic (exact) mass is 724 g/mol. The van der Waals surface area contributed by atoms with Crippen LogP contribution in [0.2, 0.25) is 5.02 Å². The summed E-state index contributed by atoms with van der Waals surface area (Å²) in [6.07, 6.45) is 3.10. The molecule has 0 amide bonds. The first-order valence-corrected chi connectivity index (χ1v) is 17.0. The molecule has 46 heavy (non-hydrogen) atoms. The third kappa shape index (κ3) is 7.24. The van der Waals surface area contributed by atoms with E-state index in [4.69, 9.17) is 35.5 Å². The quantitative estimate of drug-likeness (QED) is 0.147. The number of thiazole rings is 1. The fourth-order valence-corrected chi connectivity index (χ4v) is 6.75. The predicted octanol–water partition coefficient (Wildman–Crippen LogP) is 6.98. The van der Waals surface area contributed by atoms with Gasteiger partial charge in [0, 0.05) is 15.1 Å². The van der Waals surface area contributed by atoms with E-state index in [2.05, 4.69) is 15.9 Å². The average Bonchev–Trinajstić information content (AvgIpc) is 3.35. The minimum Gasteiger partial charge on any atom is -0.496 e. The lowest BCUT2D eigenvalue weighted by molar-refractivity contribution is -0.139. The Labute approximate surface area is 284 Å². The number of fused-ring (bicyclic) bond motifs is 1. The van der Waals surface area contributed by atoms with Crippen LogP contribution in [0.1, 0.15) is 56.3 Å². The summed E-state index contributed by atoms with van der Waals surface area (Å²) in [6, 6.07) is 17.7. The second kappa shape index (κ2) is 15.2. The number of hydrogen-bond acceptors (Lipinski definition) is 8. The highest BCUT2D eigenvalue weighted by Gasteiger charge is 2.36. The lowest BCUT2D eigenvalue weighted by atomic mass is 9.93. The Bertz CT molecular complexity index is 1950. The van der Waals surface area contributed by atoms with Gasteiger partial charge in [0.05, 0.1) is 36.1 Å². The van der Waals surface area contributed by atoms with Gasteiger partial charge < -0.3 is 18.9 Å². The summed E-state index contributed by atoms with van der Waals surface area (Å²) in [6.45, 7) is 6.65. The molecule has 1 aliphatic rings. The number of esters is 1. The van der Waals surface area contributed by atoms with E-state index in [0.29, 0.717) is 68.1 Å². The van der Waals surface area contributed by atoms with Crippen LogP contribution < -0.4 is 29.1 Å². The molecule has 0 saturated carbocycles. The maximum atomic E-state index is 14.2. The van der Waals surface area contributed by atoms with E-state index in [0.717, 1.165) is 22.0 Å².